The highest BCUT2D eigenvalue weighted by Crippen LogP contribution is 2.41. The van der Waals surface area contributed by atoms with Gasteiger partial charge in [0.15, 0.2) is 0 Å². The number of nitrogens with zero attached hydrogens (tertiary/aromatic N) is 4. The van der Waals surface area contributed by atoms with Crippen LogP contribution in [0, 0.1) is 0 Å². The van der Waals surface area contributed by atoms with Crippen molar-refractivity contribution in [3.8, 4) is 11.5 Å². The van der Waals surface area contributed by atoms with Crippen LogP contribution in [0.4, 0.5) is 22.7 Å². The first-order valence-electron chi connectivity index (χ1n) is 8.63. The van der Waals surface area contributed by atoms with Crippen molar-refractivity contribution in [1.82, 2.24) is 0 Å². The molecular formula is C22H16N4O2. The number of phenolic OH excluding ortho intramolecular Hbond substituents is 2. The molecular weight excluding hydrogens is 352 g/mol. The van der Waals surface area contributed by atoms with Gasteiger partial charge in [-0.3, -0.25) is 0 Å². The number of fused-ring (bicyclic) bond motifs is 1. The average molecular weight is 368 g/mol. The second kappa shape index (κ2) is 7.67. The van der Waals surface area contributed by atoms with Gasteiger partial charge in [0.1, 0.15) is 17.2 Å². The lowest BCUT2D eigenvalue weighted by Crippen LogP contribution is -1.77. The Morgan fingerprint density at radius 2 is 0.964 bits per heavy atom. The zero-order valence-electron chi connectivity index (χ0n) is 14.8. The Hall–Kier alpha value is -4.06. The number of hydrogen-bond acceptors (Lipinski definition) is 6. The third-order valence-electron chi connectivity index (χ3n) is 4.13. The van der Waals surface area contributed by atoms with Crippen LogP contribution in [0.15, 0.2) is 105 Å². The predicted octanol–water partition coefficient (Wildman–Crippen LogP) is 7.08. The van der Waals surface area contributed by atoms with E-state index in [0.717, 1.165) is 5.69 Å². The van der Waals surface area contributed by atoms with Gasteiger partial charge < -0.3 is 10.2 Å². The molecule has 0 saturated carbocycles. The first kappa shape index (κ1) is 17.4. The van der Waals surface area contributed by atoms with Crippen molar-refractivity contribution in [2.75, 3.05) is 0 Å². The molecule has 0 aliphatic heterocycles. The molecule has 0 aromatic heterocycles. The van der Waals surface area contributed by atoms with E-state index in [4.69, 9.17) is 0 Å². The highest BCUT2D eigenvalue weighted by Gasteiger charge is 2.10. The van der Waals surface area contributed by atoms with Gasteiger partial charge in [0.05, 0.1) is 17.1 Å². The molecule has 0 heterocycles. The maximum Gasteiger partial charge on any atom is 0.147 e. The summed E-state index contributed by atoms with van der Waals surface area (Å²) in [4.78, 5) is 0. The molecule has 0 spiro atoms. The van der Waals surface area contributed by atoms with Crippen molar-refractivity contribution in [1.29, 1.82) is 0 Å². The number of aromatic hydroxyl groups is 2. The molecule has 4 rings (SSSR count). The van der Waals surface area contributed by atoms with Gasteiger partial charge in [0.2, 0.25) is 0 Å². The molecule has 0 bridgehead atoms. The van der Waals surface area contributed by atoms with Crippen molar-refractivity contribution in [2.24, 2.45) is 20.5 Å². The zero-order valence-corrected chi connectivity index (χ0v) is 14.8. The number of hydrogen-bond donors (Lipinski definition) is 2. The summed E-state index contributed by atoms with van der Waals surface area (Å²) in [7, 11) is 0. The van der Waals surface area contributed by atoms with Gasteiger partial charge in [-0.05, 0) is 36.4 Å². The molecule has 4 aromatic rings. The Bertz CT molecular complexity index is 1170. The second-order valence-electron chi connectivity index (χ2n) is 6.06. The van der Waals surface area contributed by atoms with Gasteiger partial charge in [-0.1, -0.05) is 42.5 Å². The van der Waals surface area contributed by atoms with E-state index in [1.54, 1.807) is 36.4 Å². The third-order valence-corrected chi connectivity index (χ3v) is 4.13. The molecule has 0 fully saturated rings. The first-order chi connectivity index (χ1) is 13.7. The standard InChI is InChI=1S/C22H16N4O2/c27-20-14-21(28)22(19-9-5-4-8-18(19)20)26-25-17-12-10-16(11-13-17)24-23-15-6-2-1-3-7-15/h1-14,27-28H/b24-23+,26-25+. The molecule has 4 aromatic carbocycles. The van der Waals surface area contributed by atoms with Gasteiger partial charge >= 0.3 is 0 Å². The van der Waals surface area contributed by atoms with Crippen LogP contribution in [0.2, 0.25) is 0 Å². The van der Waals surface area contributed by atoms with Crippen LogP contribution in [0.5, 0.6) is 11.5 Å². The predicted molar refractivity (Wildman–Crippen MR) is 109 cm³/mol. The molecule has 0 atom stereocenters. The average Bonchev–Trinajstić information content (AvgIpc) is 2.74. The molecule has 0 amide bonds. The van der Waals surface area contributed by atoms with E-state index < -0.39 is 0 Å². The lowest BCUT2D eigenvalue weighted by molar-refractivity contribution is 0.456. The molecule has 6 heteroatoms. The largest absolute Gasteiger partial charge is 0.507 e. The van der Waals surface area contributed by atoms with E-state index in [2.05, 4.69) is 20.5 Å². The van der Waals surface area contributed by atoms with Crippen LogP contribution >= 0.6 is 0 Å². The van der Waals surface area contributed by atoms with Gasteiger partial charge in [-0.2, -0.15) is 15.3 Å². The lowest BCUT2D eigenvalue weighted by atomic mass is 10.1. The van der Waals surface area contributed by atoms with Crippen molar-refractivity contribution in [2.45, 2.75) is 0 Å². The van der Waals surface area contributed by atoms with E-state index in [1.807, 2.05) is 42.5 Å². The Kier molecular flexibility index (Phi) is 4.76. The fourth-order valence-electron chi connectivity index (χ4n) is 2.74. The molecule has 0 aliphatic rings. The summed E-state index contributed by atoms with van der Waals surface area (Å²) in [5.41, 5.74) is 2.39. The zero-order chi connectivity index (χ0) is 19.3. The normalized spacial score (nSPS) is 11.6. The Labute approximate surface area is 161 Å². The molecule has 28 heavy (non-hydrogen) atoms. The minimum absolute atomic E-state index is 0.000167. The van der Waals surface area contributed by atoms with Crippen molar-refractivity contribution in [3.63, 3.8) is 0 Å². The van der Waals surface area contributed by atoms with Gasteiger partial charge in [0, 0.05) is 16.8 Å². The van der Waals surface area contributed by atoms with Crippen LogP contribution in [-0.4, -0.2) is 10.2 Å². The molecule has 0 saturated heterocycles. The topological polar surface area (TPSA) is 89.9 Å². The van der Waals surface area contributed by atoms with Crippen molar-refractivity contribution < 1.29 is 10.2 Å². The van der Waals surface area contributed by atoms with Crippen LogP contribution in [0.25, 0.3) is 10.8 Å². The van der Waals surface area contributed by atoms with Crippen LogP contribution < -0.4 is 0 Å². The lowest BCUT2D eigenvalue weighted by Gasteiger charge is -2.06. The highest BCUT2D eigenvalue weighted by molar-refractivity contribution is 5.99. The molecule has 6 nitrogen and oxygen atoms in total. The number of phenols is 2. The highest BCUT2D eigenvalue weighted by atomic mass is 16.3. The molecule has 136 valence electrons. The number of azo groups is 2. The van der Waals surface area contributed by atoms with Gasteiger partial charge in [0.25, 0.3) is 0 Å². The summed E-state index contributed by atoms with van der Waals surface area (Å²) < 4.78 is 0. The van der Waals surface area contributed by atoms with E-state index in [1.165, 1.54) is 6.07 Å². The van der Waals surface area contributed by atoms with Gasteiger partial charge in [-0.15, -0.1) is 5.11 Å². The molecule has 2 N–H and O–H groups in total. The van der Waals surface area contributed by atoms with E-state index in [0.29, 0.717) is 27.8 Å². The fourth-order valence-corrected chi connectivity index (χ4v) is 2.74. The van der Waals surface area contributed by atoms with Crippen molar-refractivity contribution >= 4 is 33.5 Å². The second-order valence-corrected chi connectivity index (χ2v) is 6.06. The molecule has 0 aliphatic carbocycles. The monoisotopic (exact) mass is 368 g/mol. The SMILES string of the molecule is Oc1cc(O)c2ccccc2c1/N=N/c1ccc(/N=N/c2ccccc2)cc1. The number of rotatable bonds is 4. The summed E-state index contributed by atoms with van der Waals surface area (Å²) >= 11 is 0. The maximum absolute atomic E-state index is 10.1. The van der Waals surface area contributed by atoms with Crippen LogP contribution in [0.1, 0.15) is 0 Å². The van der Waals surface area contributed by atoms with E-state index >= 15 is 0 Å². The minimum atomic E-state index is -0.131. The van der Waals surface area contributed by atoms with Crippen LogP contribution in [-0.2, 0) is 0 Å². The van der Waals surface area contributed by atoms with Crippen LogP contribution in [0.3, 0.4) is 0 Å². The Morgan fingerprint density at radius 1 is 0.464 bits per heavy atom. The van der Waals surface area contributed by atoms with Gasteiger partial charge in [-0.25, -0.2) is 0 Å². The maximum atomic E-state index is 10.1. The third kappa shape index (κ3) is 3.71. The molecule has 0 radical (unpaired) electrons. The molecule has 0 unspecified atom stereocenters. The van der Waals surface area contributed by atoms with E-state index in [9.17, 15) is 10.2 Å². The summed E-state index contributed by atoms with van der Waals surface area (Å²) in [6.07, 6.45) is 0. The summed E-state index contributed by atoms with van der Waals surface area (Å²) in [6, 6.07) is 25.0. The quantitative estimate of drug-likeness (QED) is 0.377. The Balaban J connectivity index is 1.58. The fraction of sp³-hybridized carbons (Fsp3) is 0. The van der Waals surface area contributed by atoms with E-state index in [-0.39, 0.29) is 11.5 Å². The summed E-state index contributed by atoms with van der Waals surface area (Å²) in [5, 5.41) is 38.1. The summed E-state index contributed by atoms with van der Waals surface area (Å²) in [5.74, 6) is -0.131. The first-order valence-corrected chi connectivity index (χ1v) is 8.63. The summed E-state index contributed by atoms with van der Waals surface area (Å²) in [6.45, 7) is 0. The number of benzene rings is 4. The van der Waals surface area contributed by atoms with Crippen molar-refractivity contribution in [3.05, 3.63) is 84.9 Å². The minimum Gasteiger partial charge on any atom is -0.507 e. The smallest absolute Gasteiger partial charge is 0.147 e. The Morgan fingerprint density at radius 3 is 1.61 bits per heavy atom.